The molecule has 1 aliphatic heterocycles. The van der Waals surface area contributed by atoms with Crippen molar-refractivity contribution in [1.29, 1.82) is 0 Å². The van der Waals surface area contributed by atoms with Crippen LogP contribution in [-0.4, -0.2) is 35.5 Å². The first-order chi connectivity index (χ1) is 8.64. The van der Waals surface area contributed by atoms with E-state index < -0.39 is 8.56 Å². The molecule has 1 unspecified atom stereocenters. The van der Waals surface area contributed by atoms with Gasteiger partial charge in [0.05, 0.1) is 13.2 Å². The molecular formula is C14H22O3Si. The second kappa shape index (κ2) is 5.53. The van der Waals surface area contributed by atoms with Crippen molar-refractivity contribution in [3.8, 4) is 0 Å². The van der Waals surface area contributed by atoms with Gasteiger partial charge in [0.2, 0.25) is 0 Å². The molecule has 1 atom stereocenters. The predicted molar refractivity (Wildman–Crippen MR) is 74.2 cm³/mol. The highest BCUT2D eigenvalue weighted by Gasteiger charge is 2.42. The van der Waals surface area contributed by atoms with E-state index in [4.69, 9.17) is 13.6 Å². The minimum absolute atomic E-state index is 0.167. The Morgan fingerprint density at radius 2 is 1.94 bits per heavy atom. The summed E-state index contributed by atoms with van der Waals surface area (Å²) in [7, 11) is -0.501. The maximum absolute atomic E-state index is 6.26. The van der Waals surface area contributed by atoms with Crippen molar-refractivity contribution < 1.29 is 13.6 Å². The standard InChI is InChI=1S/C14H22O3Si/c1-4-18(15-3,13-8-6-5-7-9-13)17-12-14(2)10-16-11-14/h5-9H,4,10-12H2,1-3H3. The molecule has 4 heteroatoms. The zero-order valence-electron chi connectivity index (χ0n) is 11.4. The first-order valence-electron chi connectivity index (χ1n) is 6.46. The Balaban J connectivity index is 2.11. The van der Waals surface area contributed by atoms with Crippen LogP contribution in [0.5, 0.6) is 0 Å². The van der Waals surface area contributed by atoms with Crippen molar-refractivity contribution in [3.63, 3.8) is 0 Å². The molecule has 3 nitrogen and oxygen atoms in total. The van der Waals surface area contributed by atoms with E-state index in [1.807, 2.05) is 18.2 Å². The molecule has 0 amide bonds. The third kappa shape index (κ3) is 2.67. The zero-order chi connectivity index (χ0) is 13.1. The normalized spacial score (nSPS) is 21.1. The van der Waals surface area contributed by atoms with Crippen molar-refractivity contribution in [2.75, 3.05) is 26.9 Å². The topological polar surface area (TPSA) is 27.7 Å². The number of hydrogen-bond acceptors (Lipinski definition) is 3. The van der Waals surface area contributed by atoms with E-state index in [0.29, 0.717) is 0 Å². The molecule has 100 valence electrons. The molecule has 0 aromatic heterocycles. The van der Waals surface area contributed by atoms with Crippen LogP contribution in [0, 0.1) is 5.41 Å². The van der Waals surface area contributed by atoms with Crippen LogP contribution in [0.25, 0.3) is 0 Å². The quantitative estimate of drug-likeness (QED) is 0.738. The summed E-state index contributed by atoms with van der Waals surface area (Å²) in [5.74, 6) is 0. The second-order valence-corrected chi connectivity index (χ2v) is 8.76. The molecule has 0 N–H and O–H groups in total. The van der Waals surface area contributed by atoms with Gasteiger partial charge < -0.3 is 13.6 Å². The predicted octanol–water partition coefficient (Wildman–Crippen LogP) is 2.06. The lowest BCUT2D eigenvalue weighted by molar-refractivity contribution is -0.124. The van der Waals surface area contributed by atoms with Crippen LogP contribution in [0.1, 0.15) is 13.8 Å². The molecule has 1 fully saturated rings. The summed E-state index contributed by atoms with van der Waals surface area (Å²) in [4.78, 5) is 0. The largest absolute Gasteiger partial charge is 0.394 e. The highest BCUT2D eigenvalue weighted by molar-refractivity contribution is 6.81. The highest BCUT2D eigenvalue weighted by Crippen LogP contribution is 2.28. The fourth-order valence-corrected chi connectivity index (χ4v) is 4.93. The van der Waals surface area contributed by atoms with Crippen LogP contribution in [0.15, 0.2) is 30.3 Å². The van der Waals surface area contributed by atoms with E-state index in [2.05, 4.69) is 26.0 Å². The van der Waals surface area contributed by atoms with Gasteiger partial charge in [-0.3, -0.25) is 0 Å². The number of benzene rings is 1. The molecule has 1 aromatic carbocycles. The molecule has 0 spiro atoms. The van der Waals surface area contributed by atoms with Gasteiger partial charge in [-0.15, -0.1) is 0 Å². The van der Waals surface area contributed by atoms with Crippen LogP contribution in [-0.2, 0) is 13.6 Å². The minimum Gasteiger partial charge on any atom is -0.394 e. The molecule has 0 saturated carbocycles. The van der Waals surface area contributed by atoms with Gasteiger partial charge in [0, 0.05) is 19.1 Å². The average Bonchev–Trinajstić information content (AvgIpc) is 2.40. The summed E-state index contributed by atoms with van der Waals surface area (Å²) in [5.41, 5.74) is 0.167. The molecular weight excluding hydrogens is 244 g/mol. The van der Waals surface area contributed by atoms with Gasteiger partial charge in [-0.25, -0.2) is 0 Å². The third-order valence-corrected chi connectivity index (χ3v) is 6.98. The van der Waals surface area contributed by atoms with E-state index in [1.165, 1.54) is 5.19 Å². The van der Waals surface area contributed by atoms with Crippen molar-refractivity contribution in [2.24, 2.45) is 5.41 Å². The number of ether oxygens (including phenoxy) is 1. The van der Waals surface area contributed by atoms with Crippen LogP contribution < -0.4 is 5.19 Å². The Morgan fingerprint density at radius 3 is 2.39 bits per heavy atom. The summed E-state index contributed by atoms with van der Waals surface area (Å²) in [6.07, 6.45) is 0. The van der Waals surface area contributed by atoms with Gasteiger partial charge in [0.1, 0.15) is 0 Å². The SMILES string of the molecule is CC[Si](OC)(OCC1(C)COC1)c1ccccc1. The van der Waals surface area contributed by atoms with Gasteiger partial charge >= 0.3 is 8.56 Å². The minimum atomic E-state index is -2.27. The molecule has 18 heavy (non-hydrogen) atoms. The molecule has 0 bridgehead atoms. The van der Waals surface area contributed by atoms with Crippen molar-refractivity contribution in [1.82, 2.24) is 0 Å². The van der Waals surface area contributed by atoms with Crippen molar-refractivity contribution in [2.45, 2.75) is 19.9 Å². The summed E-state index contributed by atoms with van der Waals surface area (Å²) >= 11 is 0. The van der Waals surface area contributed by atoms with Crippen LogP contribution >= 0.6 is 0 Å². The first-order valence-corrected chi connectivity index (χ1v) is 8.49. The molecule has 1 saturated heterocycles. The van der Waals surface area contributed by atoms with Gasteiger partial charge in [-0.2, -0.15) is 0 Å². The molecule has 0 radical (unpaired) electrons. The summed E-state index contributed by atoms with van der Waals surface area (Å²) < 4.78 is 17.3. The van der Waals surface area contributed by atoms with E-state index in [0.717, 1.165) is 25.9 Å². The van der Waals surface area contributed by atoms with Gasteiger partial charge in [-0.05, 0) is 11.2 Å². The Hall–Kier alpha value is -0.683. The first kappa shape index (κ1) is 13.7. The maximum Gasteiger partial charge on any atom is 0.372 e. The Morgan fingerprint density at radius 1 is 1.28 bits per heavy atom. The smallest absolute Gasteiger partial charge is 0.372 e. The van der Waals surface area contributed by atoms with E-state index in [-0.39, 0.29) is 5.41 Å². The number of hydrogen-bond donors (Lipinski definition) is 0. The van der Waals surface area contributed by atoms with E-state index in [1.54, 1.807) is 7.11 Å². The van der Waals surface area contributed by atoms with E-state index in [9.17, 15) is 0 Å². The Kier molecular flexibility index (Phi) is 4.22. The Bertz CT molecular complexity index is 372. The fourth-order valence-electron chi connectivity index (χ4n) is 2.23. The molecule has 1 aliphatic rings. The third-order valence-electron chi connectivity index (χ3n) is 3.56. The fraction of sp³-hybridized carbons (Fsp3) is 0.571. The molecule has 1 aromatic rings. The lowest BCUT2D eigenvalue weighted by atomic mass is 9.90. The van der Waals surface area contributed by atoms with Crippen LogP contribution in [0.4, 0.5) is 0 Å². The molecule has 0 aliphatic carbocycles. The summed E-state index contributed by atoms with van der Waals surface area (Å²) in [6, 6.07) is 11.3. The zero-order valence-corrected chi connectivity index (χ0v) is 12.4. The monoisotopic (exact) mass is 266 g/mol. The van der Waals surface area contributed by atoms with Gasteiger partial charge in [-0.1, -0.05) is 44.2 Å². The highest BCUT2D eigenvalue weighted by atomic mass is 28.4. The maximum atomic E-state index is 6.26. The van der Waals surface area contributed by atoms with E-state index >= 15 is 0 Å². The molecule has 2 rings (SSSR count). The molecule has 1 heterocycles. The average molecular weight is 266 g/mol. The van der Waals surface area contributed by atoms with Crippen LogP contribution in [0.3, 0.4) is 0 Å². The van der Waals surface area contributed by atoms with Gasteiger partial charge in [0.25, 0.3) is 0 Å². The summed E-state index contributed by atoms with van der Waals surface area (Å²) in [5, 5.41) is 1.21. The second-order valence-electron chi connectivity index (χ2n) is 5.27. The number of rotatable bonds is 6. The van der Waals surface area contributed by atoms with Crippen molar-refractivity contribution in [3.05, 3.63) is 30.3 Å². The van der Waals surface area contributed by atoms with Gasteiger partial charge in [0.15, 0.2) is 0 Å². The summed E-state index contributed by atoms with van der Waals surface area (Å²) in [6.45, 7) is 6.64. The van der Waals surface area contributed by atoms with Crippen molar-refractivity contribution >= 4 is 13.7 Å². The Labute approximate surface area is 110 Å². The lowest BCUT2D eigenvalue weighted by Crippen LogP contribution is -2.56. The lowest BCUT2D eigenvalue weighted by Gasteiger charge is -2.40. The van der Waals surface area contributed by atoms with Crippen LogP contribution in [0.2, 0.25) is 6.04 Å².